The maximum absolute atomic E-state index is 10.3. The van der Waals surface area contributed by atoms with Crippen molar-refractivity contribution >= 4 is 5.97 Å². The molecule has 0 aromatic carbocycles. The van der Waals surface area contributed by atoms with Crippen LogP contribution in [0.15, 0.2) is 5.18 Å². The van der Waals surface area contributed by atoms with Gasteiger partial charge >= 0.3 is 5.97 Å². The number of nitroso groups, excluding NO2 is 1. The van der Waals surface area contributed by atoms with Crippen LogP contribution in [0.5, 0.6) is 0 Å². The molecule has 12 heavy (non-hydrogen) atoms. The summed E-state index contributed by atoms with van der Waals surface area (Å²) in [7, 11) is 0. The maximum atomic E-state index is 10.3. The Morgan fingerprint density at radius 3 is 2.50 bits per heavy atom. The summed E-state index contributed by atoms with van der Waals surface area (Å²) in [5.41, 5.74) is 0. The molecule has 0 aromatic heterocycles. The molecule has 0 amide bonds. The molecule has 0 aliphatic carbocycles. The van der Waals surface area contributed by atoms with Gasteiger partial charge in [0.05, 0.1) is 0 Å². The molecule has 4 heteroatoms. The van der Waals surface area contributed by atoms with Crippen LogP contribution in [0.4, 0.5) is 0 Å². The number of carboxylic acids is 1. The third-order valence-corrected chi connectivity index (χ3v) is 1.74. The molecule has 0 bridgehead atoms. The van der Waals surface area contributed by atoms with Gasteiger partial charge in [-0.25, -0.2) is 4.79 Å². The molecule has 0 aromatic rings. The summed E-state index contributed by atoms with van der Waals surface area (Å²) in [5.74, 6) is -1.11. The first-order valence-corrected chi connectivity index (χ1v) is 4.27. The van der Waals surface area contributed by atoms with Gasteiger partial charge in [-0.15, -0.1) is 4.91 Å². The summed E-state index contributed by atoms with van der Waals surface area (Å²) in [4.78, 5) is 20.3. The summed E-state index contributed by atoms with van der Waals surface area (Å²) >= 11 is 0. The molecule has 0 saturated heterocycles. The Hall–Kier alpha value is -0.930. The van der Waals surface area contributed by atoms with Crippen molar-refractivity contribution in [3.8, 4) is 0 Å². The van der Waals surface area contributed by atoms with Crippen LogP contribution in [-0.4, -0.2) is 17.1 Å². The second-order valence-corrected chi connectivity index (χ2v) is 2.81. The normalized spacial score (nSPS) is 12.4. The third kappa shape index (κ3) is 4.82. The molecule has 0 heterocycles. The quantitative estimate of drug-likeness (QED) is 0.474. The minimum atomic E-state index is -1.11. The van der Waals surface area contributed by atoms with E-state index in [1.807, 2.05) is 0 Å². The van der Waals surface area contributed by atoms with E-state index in [0.717, 1.165) is 25.7 Å². The lowest BCUT2D eigenvalue weighted by Gasteiger charge is -2.01. The van der Waals surface area contributed by atoms with E-state index < -0.39 is 12.0 Å². The van der Waals surface area contributed by atoms with Crippen LogP contribution in [0, 0.1) is 4.91 Å². The summed E-state index contributed by atoms with van der Waals surface area (Å²) in [6, 6.07) is -1.04. The minimum absolute atomic E-state index is 0.374. The topological polar surface area (TPSA) is 66.7 Å². The van der Waals surface area contributed by atoms with E-state index in [9.17, 15) is 9.70 Å². The molecular weight excluding hydrogens is 158 g/mol. The summed E-state index contributed by atoms with van der Waals surface area (Å²) < 4.78 is 0. The van der Waals surface area contributed by atoms with Crippen molar-refractivity contribution in [2.24, 2.45) is 5.18 Å². The molecule has 1 unspecified atom stereocenters. The third-order valence-electron chi connectivity index (χ3n) is 1.74. The standard InChI is InChI=1S/C8H15NO3/c1-2-3-4-5-6-7(9-12)8(10)11/h7H,2-6H2,1H3,(H,10,11). The lowest BCUT2D eigenvalue weighted by atomic mass is 10.1. The van der Waals surface area contributed by atoms with Gasteiger partial charge < -0.3 is 5.11 Å². The fourth-order valence-electron chi connectivity index (χ4n) is 0.986. The van der Waals surface area contributed by atoms with Gasteiger partial charge in [-0.1, -0.05) is 37.8 Å². The molecule has 0 aliphatic rings. The molecule has 0 spiro atoms. The largest absolute Gasteiger partial charge is 0.480 e. The smallest absolute Gasteiger partial charge is 0.332 e. The summed E-state index contributed by atoms with van der Waals surface area (Å²) in [6.07, 6.45) is 4.32. The molecule has 1 atom stereocenters. The first-order chi connectivity index (χ1) is 5.72. The number of nitrogens with zero attached hydrogens (tertiary/aromatic N) is 1. The molecule has 0 rings (SSSR count). The fourth-order valence-corrected chi connectivity index (χ4v) is 0.986. The van der Waals surface area contributed by atoms with Crippen LogP contribution in [-0.2, 0) is 4.79 Å². The zero-order valence-electron chi connectivity index (χ0n) is 7.32. The Kier molecular flexibility index (Phi) is 6.24. The van der Waals surface area contributed by atoms with Crippen LogP contribution in [0.1, 0.15) is 39.0 Å². The lowest BCUT2D eigenvalue weighted by Crippen LogP contribution is -2.16. The lowest BCUT2D eigenvalue weighted by molar-refractivity contribution is -0.138. The van der Waals surface area contributed by atoms with Gasteiger partial charge in [-0.3, -0.25) is 0 Å². The Morgan fingerprint density at radius 2 is 2.08 bits per heavy atom. The zero-order valence-corrected chi connectivity index (χ0v) is 7.32. The van der Waals surface area contributed by atoms with E-state index >= 15 is 0 Å². The predicted octanol–water partition coefficient (Wildman–Crippen LogP) is 2.18. The van der Waals surface area contributed by atoms with Crippen molar-refractivity contribution < 1.29 is 9.90 Å². The molecule has 1 N–H and O–H groups in total. The maximum Gasteiger partial charge on any atom is 0.332 e. The number of unbranched alkanes of at least 4 members (excludes halogenated alkanes) is 3. The summed E-state index contributed by atoms with van der Waals surface area (Å²) in [6.45, 7) is 2.08. The van der Waals surface area contributed by atoms with Crippen molar-refractivity contribution in [2.75, 3.05) is 0 Å². The number of rotatable bonds is 7. The van der Waals surface area contributed by atoms with Crippen molar-refractivity contribution in [1.82, 2.24) is 0 Å². The van der Waals surface area contributed by atoms with E-state index in [1.54, 1.807) is 0 Å². The SMILES string of the molecule is CCCCCCC(N=O)C(=O)O. The molecule has 0 saturated carbocycles. The fraction of sp³-hybridized carbons (Fsp3) is 0.875. The average Bonchev–Trinajstić information content (AvgIpc) is 2.04. The predicted molar refractivity (Wildman–Crippen MR) is 46.0 cm³/mol. The highest BCUT2D eigenvalue weighted by atomic mass is 16.4. The van der Waals surface area contributed by atoms with Gasteiger partial charge in [0.2, 0.25) is 0 Å². The van der Waals surface area contributed by atoms with Gasteiger partial charge in [-0.05, 0) is 6.42 Å². The van der Waals surface area contributed by atoms with E-state index in [1.165, 1.54) is 0 Å². The van der Waals surface area contributed by atoms with Crippen LogP contribution in [0.2, 0.25) is 0 Å². The second-order valence-electron chi connectivity index (χ2n) is 2.81. The van der Waals surface area contributed by atoms with Crippen LogP contribution in [0.25, 0.3) is 0 Å². The number of carbonyl (C=O) groups is 1. The van der Waals surface area contributed by atoms with Crippen LogP contribution >= 0.6 is 0 Å². The van der Waals surface area contributed by atoms with Crippen molar-refractivity contribution in [3.05, 3.63) is 4.91 Å². The average molecular weight is 173 g/mol. The highest BCUT2D eigenvalue weighted by Crippen LogP contribution is 2.07. The Balaban J connectivity index is 3.45. The molecule has 0 radical (unpaired) electrons. The second kappa shape index (κ2) is 6.76. The zero-order chi connectivity index (χ0) is 9.40. The van der Waals surface area contributed by atoms with E-state index in [4.69, 9.17) is 5.11 Å². The van der Waals surface area contributed by atoms with Gasteiger partial charge in [0.25, 0.3) is 0 Å². The Bertz CT molecular complexity index is 147. The number of hydrogen-bond donors (Lipinski definition) is 1. The van der Waals surface area contributed by atoms with Gasteiger partial charge in [0, 0.05) is 0 Å². The van der Waals surface area contributed by atoms with Gasteiger partial charge in [0.15, 0.2) is 6.04 Å². The molecule has 4 nitrogen and oxygen atoms in total. The van der Waals surface area contributed by atoms with E-state index in [0.29, 0.717) is 6.42 Å². The number of aliphatic carboxylic acids is 1. The molecular formula is C8H15NO3. The highest BCUT2D eigenvalue weighted by molar-refractivity contribution is 5.73. The first kappa shape index (κ1) is 11.1. The highest BCUT2D eigenvalue weighted by Gasteiger charge is 2.16. The summed E-state index contributed by atoms with van der Waals surface area (Å²) in [5, 5.41) is 11.0. The molecule has 70 valence electrons. The molecule has 0 fully saturated rings. The van der Waals surface area contributed by atoms with Crippen molar-refractivity contribution in [1.29, 1.82) is 0 Å². The Labute approximate surface area is 71.9 Å². The minimum Gasteiger partial charge on any atom is -0.480 e. The van der Waals surface area contributed by atoms with Crippen LogP contribution < -0.4 is 0 Å². The van der Waals surface area contributed by atoms with E-state index in [2.05, 4.69) is 12.1 Å². The van der Waals surface area contributed by atoms with Crippen LogP contribution in [0.3, 0.4) is 0 Å². The van der Waals surface area contributed by atoms with Gasteiger partial charge in [0.1, 0.15) is 0 Å². The van der Waals surface area contributed by atoms with Crippen molar-refractivity contribution in [3.63, 3.8) is 0 Å². The van der Waals surface area contributed by atoms with Gasteiger partial charge in [-0.2, -0.15) is 0 Å². The molecule has 0 aliphatic heterocycles. The Morgan fingerprint density at radius 1 is 1.42 bits per heavy atom. The van der Waals surface area contributed by atoms with E-state index in [-0.39, 0.29) is 0 Å². The first-order valence-electron chi connectivity index (χ1n) is 4.27. The number of hydrogen-bond acceptors (Lipinski definition) is 3. The monoisotopic (exact) mass is 173 g/mol. The number of carboxylic acid groups (broad SMARTS) is 1. The van der Waals surface area contributed by atoms with Crippen molar-refractivity contribution in [2.45, 2.75) is 45.1 Å².